The molecule has 1 heterocycles. The fourth-order valence-corrected chi connectivity index (χ4v) is 4.33. The van der Waals surface area contributed by atoms with Crippen molar-refractivity contribution in [3.63, 3.8) is 0 Å². The van der Waals surface area contributed by atoms with Crippen LogP contribution in [0.5, 0.6) is 0 Å². The van der Waals surface area contributed by atoms with Crippen LogP contribution >= 0.6 is 38.9 Å². The highest BCUT2D eigenvalue weighted by Crippen LogP contribution is 2.29. The van der Waals surface area contributed by atoms with Crippen LogP contribution in [-0.4, -0.2) is 8.42 Å². The molecule has 96 valence electrons. The Morgan fingerprint density at radius 1 is 1.28 bits per heavy atom. The molecule has 1 aromatic heterocycles. The van der Waals surface area contributed by atoms with Crippen molar-refractivity contribution in [1.82, 2.24) is 0 Å². The van der Waals surface area contributed by atoms with E-state index in [0.29, 0.717) is 15.2 Å². The highest BCUT2D eigenvalue weighted by atomic mass is 79.9. The van der Waals surface area contributed by atoms with Gasteiger partial charge in [0.2, 0.25) is 0 Å². The van der Waals surface area contributed by atoms with Crippen molar-refractivity contribution >= 4 is 54.6 Å². The summed E-state index contributed by atoms with van der Waals surface area (Å²) in [5.41, 5.74) is 0.425. The molecule has 0 radical (unpaired) electrons. The van der Waals surface area contributed by atoms with Crippen LogP contribution in [0.4, 0.5) is 5.69 Å². The normalized spacial score (nSPS) is 11.5. The monoisotopic (exact) mass is 365 g/mol. The number of benzene rings is 1. The Balaban J connectivity index is 2.36. The van der Waals surface area contributed by atoms with Gasteiger partial charge >= 0.3 is 0 Å². The average Bonchev–Trinajstić information content (AvgIpc) is 2.71. The molecule has 1 aromatic carbocycles. The molecule has 2 aromatic rings. The molecule has 0 saturated heterocycles. The van der Waals surface area contributed by atoms with Crippen molar-refractivity contribution in [2.45, 2.75) is 11.1 Å². The lowest BCUT2D eigenvalue weighted by molar-refractivity contribution is 0.603. The largest absolute Gasteiger partial charge is 0.278 e. The Labute approximate surface area is 123 Å². The molecule has 0 amide bonds. The number of rotatable bonds is 3. The third-order valence-corrected chi connectivity index (χ3v) is 5.94. The van der Waals surface area contributed by atoms with Crippen molar-refractivity contribution in [2.75, 3.05) is 4.72 Å². The predicted molar refractivity (Wildman–Crippen MR) is 79.0 cm³/mol. The zero-order chi connectivity index (χ0) is 13.3. The lowest BCUT2D eigenvalue weighted by Gasteiger charge is -2.08. The third kappa shape index (κ3) is 3.06. The number of hydrogen-bond acceptors (Lipinski definition) is 3. The number of nitrogens with one attached hydrogen (secondary N) is 1. The van der Waals surface area contributed by atoms with Gasteiger partial charge in [-0.1, -0.05) is 11.6 Å². The summed E-state index contributed by atoms with van der Waals surface area (Å²) < 4.78 is 27.7. The summed E-state index contributed by atoms with van der Waals surface area (Å²) in [6.07, 6.45) is 0. The van der Waals surface area contributed by atoms with E-state index in [2.05, 4.69) is 20.7 Å². The Morgan fingerprint density at radius 2 is 2.00 bits per heavy atom. The molecule has 1 N–H and O–H groups in total. The predicted octanol–water partition coefficient (Wildman–Crippen LogP) is 4.27. The van der Waals surface area contributed by atoms with Gasteiger partial charge in [0.1, 0.15) is 4.21 Å². The van der Waals surface area contributed by atoms with Gasteiger partial charge in [-0.25, -0.2) is 8.42 Å². The summed E-state index contributed by atoms with van der Waals surface area (Å²) in [5.74, 6) is 0. The maximum atomic E-state index is 12.1. The molecule has 0 bridgehead atoms. The molecular formula is C11H9BrClNO2S2. The first-order chi connectivity index (χ1) is 8.38. The summed E-state index contributed by atoms with van der Waals surface area (Å²) in [7, 11) is -3.55. The smallest absolute Gasteiger partial charge is 0.271 e. The van der Waals surface area contributed by atoms with Gasteiger partial charge < -0.3 is 0 Å². The third-order valence-electron chi connectivity index (χ3n) is 2.15. The number of anilines is 1. The second kappa shape index (κ2) is 5.21. The Hall–Kier alpha value is -0.560. The summed E-state index contributed by atoms with van der Waals surface area (Å²) in [6, 6.07) is 8.29. The molecule has 0 aliphatic carbocycles. The molecule has 0 aliphatic heterocycles. The van der Waals surface area contributed by atoms with Crippen LogP contribution < -0.4 is 4.72 Å². The van der Waals surface area contributed by atoms with E-state index < -0.39 is 10.0 Å². The molecule has 0 atom stereocenters. The summed E-state index contributed by atoms with van der Waals surface area (Å²) >= 11 is 10.3. The molecule has 0 unspecified atom stereocenters. The van der Waals surface area contributed by atoms with Crippen LogP contribution in [0.1, 0.15) is 4.88 Å². The Kier molecular flexibility index (Phi) is 4.01. The van der Waals surface area contributed by atoms with Gasteiger partial charge in [0.05, 0.1) is 5.69 Å². The first-order valence-electron chi connectivity index (χ1n) is 4.93. The highest BCUT2D eigenvalue weighted by Gasteiger charge is 2.17. The fourth-order valence-electron chi connectivity index (χ4n) is 1.33. The summed E-state index contributed by atoms with van der Waals surface area (Å²) in [4.78, 5) is 0.945. The Bertz CT molecular complexity index is 682. The number of thiophene rings is 1. The number of sulfonamides is 1. The maximum absolute atomic E-state index is 12.1. The van der Waals surface area contributed by atoms with E-state index in [4.69, 9.17) is 11.6 Å². The van der Waals surface area contributed by atoms with Gasteiger partial charge in [0.15, 0.2) is 0 Å². The van der Waals surface area contributed by atoms with Gasteiger partial charge in [-0.15, -0.1) is 11.3 Å². The fraction of sp³-hybridized carbons (Fsp3) is 0.0909. The summed E-state index contributed by atoms with van der Waals surface area (Å²) in [5, 5.41) is 0.471. The quantitative estimate of drug-likeness (QED) is 0.881. The topological polar surface area (TPSA) is 46.2 Å². The highest BCUT2D eigenvalue weighted by molar-refractivity contribution is 9.10. The molecule has 0 aliphatic rings. The van der Waals surface area contributed by atoms with E-state index in [0.717, 1.165) is 4.88 Å². The molecule has 0 fully saturated rings. The van der Waals surface area contributed by atoms with E-state index in [1.807, 2.05) is 6.92 Å². The molecule has 0 saturated carbocycles. The minimum atomic E-state index is -3.55. The van der Waals surface area contributed by atoms with Gasteiger partial charge in [0.25, 0.3) is 10.0 Å². The first-order valence-corrected chi connectivity index (χ1v) is 8.40. The molecule has 0 spiro atoms. The van der Waals surface area contributed by atoms with Crippen LogP contribution in [-0.2, 0) is 10.0 Å². The van der Waals surface area contributed by atoms with Crippen molar-refractivity contribution in [3.05, 3.63) is 44.7 Å². The maximum Gasteiger partial charge on any atom is 0.271 e. The van der Waals surface area contributed by atoms with Crippen LogP contribution in [0, 0.1) is 6.92 Å². The van der Waals surface area contributed by atoms with Crippen LogP contribution in [0.15, 0.2) is 39.0 Å². The second-order valence-corrected chi connectivity index (χ2v) is 8.08. The van der Waals surface area contributed by atoms with Gasteiger partial charge in [-0.05, 0) is 53.2 Å². The lowest BCUT2D eigenvalue weighted by atomic mass is 10.3. The van der Waals surface area contributed by atoms with E-state index in [1.54, 1.807) is 30.3 Å². The zero-order valence-electron chi connectivity index (χ0n) is 9.28. The van der Waals surface area contributed by atoms with Crippen LogP contribution in [0.25, 0.3) is 0 Å². The standard InChI is InChI=1S/C11H9BrClNO2S2/c1-7-2-5-11(17-7)18(15,16)14-10-6-8(13)3-4-9(10)12/h2-6,14H,1H3. The van der Waals surface area contributed by atoms with Gasteiger partial charge in [0, 0.05) is 14.4 Å². The molecule has 2 rings (SSSR count). The average molecular weight is 367 g/mol. The van der Waals surface area contributed by atoms with E-state index in [1.165, 1.54) is 11.3 Å². The van der Waals surface area contributed by atoms with E-state index in [-0.39, 0.29) is 4.21 Å². The molecule has 3 nitrogen and oxygen atoms in total. The minimum absolute atomic E-state index is 0.284. The lowest BCUT2D eigenvalue weighted by Crippen LogP contribution is -2.11. The summed E-state index contributed by atoms with van der Waals surface area (Å²) in [6.45, 7) is 1.86. The SMILES string of the molecule is Cc1ccc(S(=O)(=O)Nc2cc(Cl)ccc2Br)s1. The van der Waals surface area contributed by atoms with Crippen molar-refractivity contribution < 1.29 is 8.42 Å². The van der Waals surface area contributed by atoms with Crippen LogP contribution in [0.3, 0.4) is 0 Å². The van der Waals surface area contributed by atoms with E-state index in [9.17, 15) is 8.42 Å². The molecule has 7 heteroatoms. The van der Waals surface area contributed by atoms with Gasteiger partial charge in [-0.2, -0.15) is 0 Å². The van der Waals surface area contributed by atoms with Crippen LogP contribution in [0.2, 0.25) is 5.02 Å². The van der Waals surface area contributed by atoms with Gasteiger partial charge in [-0.3, -0.25) is 4.72 Å². The zero-order valence-corrected chi connectivity index (χ0v) is 13.3. The van der Waals surface area contributed by atoms with Crippen molar-refractivity contribution in [2.24, 2.45) is 0 Å². The number of hydrogen-bond donors (Lipinski definition) is 1. The van der Waals surface area contributed by atoms with Crippen molar-refractivity contribution in [1.29, 1.82) is 0 Å². The number of aryl methyl sites for hydroxylation is 1. The van der Waals surface area contributed by atoms with E-state index >= 15 is 0 Å². The van der Waals surface area contributed by atoms with Crippen molar-refractivity contribution in [3.8, 4) is 0 Å². The Morgan fingerprint density at radius 3 is 2.61 bits per heavy atom. The minimum Gasteiger partial charge on any atom is -0.278 e. The molecule has 18 heavy (non-hydrogen) atoms. The first kappa shape index (κ1) is 13.9. The number of halogens is 2. The molecular weight excluding hydrogens is 358 g/mol. The second-order valence-electron chi connectivity index (χ2n) is 3.59.